The fourth-order valence-corrected chi connectivity index (χ4v) is 0.897. The number of rotatable bonds is 2. The number of hydrogen-bond donors (Lipinski definition) is 2. The predicted molar refractivity (Wildman–Crippen MR) is 42.8 cm³/mol. The van der Waals surface area contributed by atoms with Crippen molar-refractivity contribution < 1.29 is 13.9 Å². The lowest BCUT2D eigenvalue weighted by molar-refractivity contribution is 0.164. The molecule has 3 nitrogen and oxygen atoms in total. The largest absolute Gasteiger partial charge is 0.391 e. The number of aliphatic hydroxyl groups excluding tert-OH is 1. The molecule has 3 N–H and O–H groups in total. The van der Waals surface area contributed by atoms with Crippen LogP contribution in [0.25, 0.3) is 0 Å². The van der Waals surface area contributed by atoms with Crippen molar-refractivity contribution in [3.8, 4) is 0 Å². The number of nitrogens with zero attached hydrogens (tertiary/aromatic N) is 1. The van der Waals surface area contributed by atoms with Gasteiger partial charge in [0.15, 0.2) is 5.82 Å². The molecule has 1 aromatic rings. The van der Waals surface area contributed by atoms with Gasteiger partial charge in [0.05, 0.1) is 12.1 Å². The van der Waals surface area contributed by atoms with E-state index in [2.05, 4.69) is 4.98 Å². The van der Waals surface area contributed by atoms with Crippen LogP contribution in [0.1, 0.15) is 18.5 Å². The van der Waals surface area contributed by atoms with Crippen molar-refractivity contribution in [2.75, 3.05) is 0 Å². The maximum Gasteiger partial charge on any atom is 0.248 e. The zero-order chi connectivity index (χ0) is 10.0. The van der Waals surface area contributed by atoms with Gasteiger partial charge >= 0.3 is 0 Å². The number of halogens is 2. The highest BCUT2D eigenvalue weighted by molar-refractivity contribution is 5.16. The normalized spacial score (nSPS) is 15.5. The molecule has 5 heteroatoms. The van der Waals surface area contributed by atoms with Gasteiger partial charge < -0.3 is 10.8 Å². The third kappa shape index (κ3) is 2.19. The maximum absolute atomic E-state index is 12.6. The highest BCUT2D eigenvalue weighted by Crippen LogP contribution is 2.14. The average molecular weight is 188 g/mol. The van der Waals surface area contributed by atoms with E-state index in [1.165, 1.54) is 6.92 Å². The van der Waals surface area contributed by atoms with Gasteiger partial charge in [-0.2, -0.15) is 4.39 Å². The van der Waals surface area contributed by atoms with Crippen LogP contribution in [0.5, 0.6) is 0 Å². The lowest BCUT2D eigenvalue weighted by Gasteiger charge is -2.14. The minimum absolute atomic E-state index is 0.272. The Kier molecular flexibility index (Phi) is 2.90. The van der Waals surface area contributed by atoms with Crippen LogP contribution in [0.15, 0.2) is 12.3 Å². The highest BCUT2D eigenvalue weighted by atomic mass is 19.2. The Morgan fingerprint density at radius 2 is 2.15 bits per heavy atom. The first kappa shape index (κ1) is 10.0. The Balaban J connectivity index is 2.97. The summed E-state index contributed by atoms with van der Waals surface area (Å²) in [6, 6.07) is 0.183. The van der Waals surface area contributed by atoms with Crippen LogP contribution in [0, 0.1) is 11.8 Å². The van der Waals surface area contributed by atoms with E-state index in [1.807, 2.05) is 0 Å². The summed E-state index contributed by atoms with van der Waals surface area (Å²) in [7, 11) is 0. The number of nitrogens with two attached hydrogens (primary N) is 1. The summed E-state index contributed by atoms with van der Waals surface area (Å²) >= 11 is 0. The Morgan fingerprint density at radius 3 is 2.62 bits per heavy atom. The van der Waals surface area contributed by atoms with Gasteiger partial charge in [0.2, 0.25) is 5.95 Å². The van der Waals surface area contributed by atoms with Gasteiger partial charge in [-0.1, -0.05) is 0 Å². The zero-order valence-corrected chi connectivity index (χ0v) is 7.04. The van der Waals surface area contributed by atoms with Gasteiger partial charge in [-0.15, -0.1) is 0 Å². The van der Waals surface area contributed by atoms with E-state index in [9.17, 15) is 8.78 Å². The first-order chi connectivity index (χ1) is 6.02. The smallest absolute Gasteiger partial charge is 0.248 e. The Morgan fingerprint density at radius 1 is 1.54 bits per heavy atom. The minimum Gasteiger partial charge on any atom is -0.391 e. The zero-order valence-electron chi connectivity index (χ0n) is 7.04. The van der Waals surface area contributed by atoms with Crippen LogP contribution in [0.4, 0.5) is 8.78 Å². The molecule has 0 unspecified atom stereocenters. The molecular weight excluding hydrogens is 178 g/mol. The predicted octanol–water partition coefficient (Wildman–Crippen LogP) is 0.740. The number of pyridine rings is 1. The monoisotopic (exact) mass is 188 g/mol. The van der Waals surface area contributed by atoms with Crippen LogP contribution in [-0.4, -0.2) is 16.2 Å². The van der Waals surface area contributed by atoms with Gasteiger partial charge in [-0.25, -0.2) is 9.37 Å². The van der Waals surface area contributed by atoms with Crippen molar-refractivity contribution in [2.45, 2.75) is 19.1 Å². The van der Waals surface area contributed by atoms with Crippen molar-refractivity contribution in [1.82, 2.24) is 4.98 Å². The molecule has 0 fully saturated rings. The van der Waals surface area contributed by atoms with Crippen molar-refractivity contribution in [2.24, 2.45) is 5.73 Å². The molecule has 1 aromatic heterocycles. The van der Waals surface area contributed by atoms with Crippen LogP contribution < -0.4 is 5.73 Å². The highest BCUT2D eigenvalue weighted by Gasteiger charge is 2.14. The molecule has 1 heterocycles. The standard InChI is InChI=1S/C8H10F2N2O/c1-4(13)7(11)5-2-6(9)8(10)12-3-5/h2-4,7,13H,11H2,1H3/t4-,7-/m1/s1. The first-order valence-corrected chi connectivity index (χ1v) is 3.77. The van der Waals surface area contributed by atoms with E-state index in [0.717, 1.165) is 12.3 Å². The lowest BCUT2D eigenvalue weighted by Crippen LogP contribution is -2.23. The second kappa shape index (κ2) is 3.76. The molecule has 0 saturated carbocycles. The van der Waals surface area contributed by atoms with Crippen molar-refractivity contribution >= 4 is 0 Å². The summed E-state index contributed by atoms with van der Waals surface area (Å²) in [6.45, 7) is 1.46. The summed E-state index contributed by atoms with van der Waals surface area (Å²) in [5, 5.41) is 9.07. The number of hydrogen-bond acceptors (Lipinski definition) is 3. The summed E-state index contributed by atoms with van der Waals surface area (Å²) < 4.78 is 25.0. The molecule has 0 saturated heterocycles. The topological polar surface area (TPSA) is 59.1 Å². The fourth-order valence-electron chi connectivity index (χ4n) is 0.897. The Bertz CT molecular complexity index is 304. The molecule has 1 rings (SSSR count). The Hall–Kier alpha value is -1.07. The summed E-state index contributed by atoms with van der Waals surface area (Å²) in [6.07, 6.45) is 0.280. The molecule has 13 heavy (non-hydrogen) atoms. The van der Waals surface area contributed by atoms with Gasteiger partial charge in [-0.3, -0.25) is 0 Å². The quantitative estimate of drug-likeness (QED) is 0.673. The molecule has 0 bridgehead atoms. The van der Waals surface area contributed by atoms with Crippen molar-refractivity contribution in [1.29, 1.82) is 0 Å². The average Bonchev–Trinajstić information content (AvgIpc) is 2.08. The first-order valence-electron chi connectivity index (χ1n) is 3.77. The van der Waals surface area contributed by atoms with E-state index < -0.39 is 23.9 Å². The van der Waals surface area contributed by atoms with Crippen molar-refractivity contribution in [3.63, 3.8) is 0 Å². The molecular formula is C8H10F2N2O. The van der Waals surface area contributed by atoms with Gasteiger partial charge in [0.1, 0.15) is 0 Å². The van der Waals surface area contributed by atoms with E-state index in [-0.39, 0.29) is 5.56 Å². The number of aliphatic hydroxyl groups is 1. The SMILES string of the molecule is C[C@@H](O)[C@@H](N)c1cnc(F)c(F)c1. The molecule has 0 radical (unpaired) electrons. The molecule has 72 valence electrons. The number of aromatic nitrogens is 1. The second-order valence-electron chi connectivity index (χ2n) is 2.81. The molecule has 0 aliphatic carbocycles. The van der Waals surface area contributed by atoms with E-state index >= 15 is 0 Å². The van der Waals surface area contributed by atoms with E-state index in [1.54, 1.807) is 0 Å². The molecule has 0 spiro atoms. The van der Waals surface area contributed by atoms with E-state index in [4.69, 9.17) is 10.8 Å². The third-order valence-electron chi connectivity index (χ3n) is 1.72. The van der Waals surface area contributed by atoms with Crippen LogP contribution in [0.2, 0.25) is 0 Å². The third-order valence-corrected chi connectivity index (χ3v) is 1.72. The Labute approximate surface area is 74.2 Å². The van der Waals surface area contributed by atoms with Crippen LogP contribution in [0.3, 0.4) is 0 Å². The summed E-state index contributed by atoms with van der Waals surface area (Å²) in [5.74, 6) is -2.23. The van der Waals surface area contributed by atoms with Gasteiger partial charge in [-0.05, 0) is 18.6 Å². The maximum atomic E-state index is 12.6. The molecule has 0 aliphatic rings. The summed E-state index contributed by atoms with van der Waals surface area (Å²) in [5.41, 5.74) is 5.75. The van der Waals surface area contributed by atoms with Crippen LogP contribution in [-0.2, 0) is 0 Å². The minimum atomic E-state index is -1.17. The molecule has 0 amide bonds. The van der Waals surface area contributed by atoms with Crippen molar-refractivity contribution in [3.05, 3.63) is 29.6 Å². The van der Waals surface area contributed by atoms with Gasteiger partial charge in [0, 0.05) is 6.20 Å². The van der Waals surface area contributed by atoms with Gasteiger partial charge in [0.25, 0.3) is 0 Å². The second-order valence-corrected chi connectivity index (χ2v) is 2.81. The fraction of sp³-hybridized carbons (Fsp3) is 0.375. The molecule has 0 aromatic carbocycles. The molecule has 2 atom stereocenters. The summed E-state index contributed by atoms with van der Waals surface area (Å²) in [4.78, 5) is 3.15. The lowest BCUT2D eigenvalue weighted by atomic mass is 10.1. The molecule has 0 aliphatic heterocycles. The van der Waals surface area contributed by atoms with Crippen LogP contribution >= 0.6 is 0 Å². The van der Waals surface area contributed by atoms with E-state index in [0.29, 0.717) is 0 Å².